The fourth-order valence-corrected chi connectivity index (χ4v) is 2.34. The van der Waals surface area contributed by atoms with E-state index in [2.05, 4.69) is 42.1 Å². The first-order valence-corrected chi connectivity index (χ1v) is 8.48. The summed E-state index contributed by atoms with van der Waals surface area (Å²) in [7, 11) is 1.75. The fourth-order valence-electron chi connectivity index (χ4n) is 2.34. The largest absolute Gasteiger partial charge is 0.421 e. The average Bonchev–Trinajstić information content (AvgIpc) is 2.98. The van der Waals surface area contributed by atoms with Gasteiger partial charge in [0.2, 0.25) is 11.6 Å². The maximum absolute atomic E-state index is 9.28. The van der Waals surface area contributed by atoms with Crippen molar-refractivity contribution in [2.75, 3.05) is 12.1 Å². The third kappa shape index (κ3) is 4.93. The van der Waals surface area contributed by atoms with E-state index in [0.717, 1.165) is 12.0 Å². The van der Waals surface area contributed by atoms with Crippen molar-refractivity contribution in [3.63, 3.8) is 0 Å². The highest BCUT2D eigenvalue weighted by atomic mass is 16.4. The molecule has 0 aliphatic rings. The second-order valence-corrected chi connectivity index (χ2v) is 7.64. The van der Waals surface area contributed by atoms with Crippen molar-refractivity contribution in [1.29, 1.82) is 5.26 Å². The Morgan fingerprint density at radius 2 is 1.92 bits per heavy atom. The van der Waals surface area contributed by atoms with Gasteiger partial charge in [-0.15, -0.1) is 0 Å². The lowest BCUT2D eigenvalue weighted by Gasteiger charge is -2.13. The van der Waals surface area contributed by atoms with Crippen LogP contribution in [0.1, 0.15) is 57.3 Å². The molecule has 0 fully saturated rings. The number of oxazole rings is 1. The molecule has 0 spiro atoms. The molecule has 25 heavy (non-hydrogen) atoms. The van der Waals surface area contributed by atoms with Crippen LogP contribution < -0.4 is 5.01 Å². The summed E-state index contributed by atoms with van der Waals surface area (Å²) in [5, 5.41) is 15.2. The molecule has 2 rings (SSSR count). The molecule has 5 nitrogen and oxygen atoms in total. The van der Waals surface area contributed by atoms with Crippen LogP contribution in [0.25, 0.3) is 0 Å². The van der Waals surface area contributed by atoms with E-state index in [1.807, 2.05) is 32.9 Å². The maximum atomic E-state index is 9.28. The van der Waals surface area contributed by atoms with Crippen LogP contribution >= 0.6 is 0 Å². The Bertz CT molecular complexity index is 774. The van der Waals surface area contributed by atoms with Crippen molar-refractivity contribution in [1.82, 2.24) is 4.98 Å². The van der Waals surface area contributed by atoms with Crippen molar-refractivity contribution in [3.05, 3.63) is 47.0 Å². The molecular formula is C20H26N4O. The first-order chi connectivity index (χ1) is 11.7. The van der Waals surface area contributed by atoms with E-state index in [4.69, 9.17) is 4.42 Å². The summed E-state index contributed by atoms with van der Waals surface area (Å²) in [5.41, 5.74) is 2.29. The molecule has 2 aromatic rings. The molecule has 0 N–H and O–H groups in total. The first kappa shape index (κ1) is 18.7. The van der Waals surface area contributed by atoms with Gasteiger partial charge in [0.25, 0.3) is 5.88 Å². The maximum Gasteiger partial charge on any atom is 0.254 e. The summed E-state index contributed by atoms with van der Waals surface area (Å²) < 4.78 is 5.76. The van der Waals surface area contributed by atoms with Crippen LogP contribution in [0, 0.1) is 17.2 Å². The van der Waals surface area contributed by atoms with Crippen LogP contribution in [-0.4, -0.2) is 18.2 Å². The molecular weight excluding hydrogens is 312 g/mol. The minimum atomic E-state index is -0.263. The van der Waals surface area contributed by atoms with Crippen LogP contribution in [0.5, 0.6) is 0 Å². The quantitative estimate of drug-likeness (QED) is 0.594. The monoisotopic (exact) mass is 338 g/mol. The van der Waals surface area contributed by atoms with Crippen molar-refractivity contribution in [3.8, 4) is 6.07 Å². The molecule has 0 unspecified atom stereocenters. The van der Waals surface area contributed by atoms with E-state index in [0.29, 0.717) is 17.7 Å². The number of aromatic nitrogens is 1. The Hall–Kier alpha value is -2.61. The Morgan fingerprint density at radius 1 is 1.28 bits per heavy atom. The summed E-state index contributed by atoms with van der Waals surface area (Å²) in [6.45, 7) is 10.4. The Kier molecular flexibility index (Phi) is 5.63. The standard InChI is InChI=1S/C20H26N4O/c1-14(2)11-15-7-9-16(10-8-15)13-22-24(6)18-17(12-21)23-19(25-18)20(3,4)5/h7-10,13-14H,11H2,1-6H3. The van der Waals surface area contributed by atoms with Crippen LogP contribution in [0.3, 0.4) is 0 Å². The van der Waals surface area contributed by atoms with E-state index < -0.39 is 0 Å². The van der Waals surface area contributed by atoms with Crippen molar-refractivity contribution < 1.29 is 4.42 Å². The van der Waals surface area contributed by atoms with E-state index in [9.17, 15) is 5.26 Å². The molecule has 0 aliphatic heterocycles. The number of rotatable bonds is 5. The minimum Gasteiger partial charge on any atom is -0.421 e. The van der Waals surface area contributed by atoms with E-state index >= 15 is 0 Å². The predicted octanol–water partition coefficient (Wildman–Crippen LogP) is 4.51. The van der Waals surface area contributed by atoms with Gasteiger partial charge in [0.15, 0.2) is 0 Å². The number of hydrogen-bond acceptors (Lipinski definition) is 5. The zero-order valence-corrected chi connectivity index (χ0v) is 15.9. The molecule has 1 aromatic heterocycles. The Labute approximate surface area is 150 Å². The summed E-state index contributed by atoms with van der Waals surface area (Å²) >= 11 is 0. The number of nitriles is 1. The molecule has 5 heteroatoms. The predicted molar refractivity (Wildman–Crippen MR) is 101 cm³/mol. The van der Waals surface area contributed by atoms with Crippen molar-refractivity contribution >= 4 is 12.1 Å². The Balaban J connectivity index is 2.16. The zero-order chi connectivity index (χ0) is 18.6. The molecule has 0 aliphatic carbocycles. The smallest absolute Gasteiger partial charge is 0.254 e. The number of anilines is 1. The van der Waals surface area contributed by atoms with E-state index in [1.165, 1.54) is 5.56 Å². The molecule has 0 amide bonds. The molecule has 1 heterocycles. The number of hydrogen-bond donors (Lipinski definition) is 0. The zero-order valence-electron chi connectivity index (χ0n) is 15.9. The van der Waals surface area contributed by atoms with Crippen LogP contribution in [0.2, 0.25) is 0 Å². The van der Waals surface area contributed by atoms with Crippen molar-refractivity contribution in [2.24, 2.45) is 11.0 Å². The van der Waals surface area contributed by atoms with Crippen LogP contribution in [0.15, 0.2) is 33.8 Å². The number of hydrazone groups is 1. The van der Waals surface area contributed by atoms with Gasteiger partial charge in [-0.05, 0) is 23.5 Å². The van der Waals surface area contributed by atoms with Gasteiger partial charge in [-0.2, -0.15) is 15.3 Å². The minimum absolute atomic E-state index is 0.247. The normalized spacial score (nSPS) is 11.9. The summed E-state index contributed by atoms with van der Waals surface area (Å²) in [6, 6.07) is 10.4. The van der Waals surface area contributed by atoms with Gasteiger partial charge in [0.1, 0.15) is 6.07 Å². The molecule has 0 saturated carbocycles. The third-order valence-corrected chi connectivity index (χ3v) is 3.65. The average molecular weight is 338 g/mol. The van der Waals surface area contributed by atoms with Crippen LogP contribution in [-0.2, 0) is 11.8 Å². The van der Waals surface area contributed by atoms with Gasteiger partial charge in [-0.3, -0.25) is 0 Å². The lowest BCUT2D eigenvalue weighted by Crippen LogP contribution is -2.11. The molecule has 0 atom stereocenters. The first-order valence-electron chi connectivity index (χ1n) is 8.48. The van der Waals surface area contributed by atoms with Gasteiger partial charge in [-0.1, -0.05) is 58.9 Å². The van der Waals surface area contributed by atoms with Crippen molar-refractivity contribution in [2.45, 2.75) is 46.5 Å². The highest BCUT2D eigenvalue weighted by Crippen LogP contribution is 2.28. The van der Waals surface area contributed by atoms with E-state index in [1.54, 1.807) is 18.3 Å². The highest BCUT2D eigenvalue weighted by Gasteiger charge is 2.25. The Morgan fingerprint density at radius 3 is 2.44 bits per heavy atom. The fraction of sp³-hybridized carbons (Fsp3) is 0.450. The second kappa shape index (κ2) is 7.52. The van der Waals surface area contributed by atoms with Gasteiger partial charge < -0.3 is 4.42 Å². The molecule has 0 bridgehead atoms. The van der Waals surface area contributed by atoms with Gasteiger partial charge in [0, 0.05) is 12.5 Å². The second-order valence-electron chi connectivity index (χ2n) is 7.64. The van der Waals surface area contributed by atoms with Gasteiger partial charge in [0.05, 0.1) is 6.21 Å². The highest BCUT2D eigenvalue weighted by molar-refractivity contribution is 5.80. The van der Waals surface area contributed by atoms with Gasteiger partial charge >= 0.3 is 0 Å². The molecule has 132 valence electrons. The van der Waals surface area contributed by atoms with Crippen LogP contribution in [0.4, 0.5) is 5.88 Å². The van der Waals surface area contributed by atoms with E-state index in [-0.39, 0.29) is 11.1 Å². The lowest BCUT2D eigenvalue weighted by atomic mass is 9.97. The number of benzene rings is 1. The molecule has 0 saturated heterocycles. The summed E-state index contributed by atoms with van der Waals surface area (Å²) in [5.74, 6) is 1.53. The van der Waals surface area contributed by atoms with Gasteiger partial charge in [-0.25, -0.2) is 5.01 Å². The SMILES string of the molecule is CC(C)Cc1ccc(C=NN(C)c2oc(C(C)(C)C)nc2C#N)cc1. The summed E-state index contributed by atoms with van der Waals surface area (Å²) in [4.78, 5) is 4.27. The third-order valence-electron chi connectivity index (χ3n) is 3.65. The lowest BCUT2D eigenvalue weighted by molar-refractivity contribution is 0.394. The summed E-state index contributed by atoms with van der Waals surface area (Å²) in [6.07, 6.45) is 2.82. The molecule has 1 aromatic carbocycles. The number of nitrogens with zero attached hydrogens (tertiary/aromatic N) is 4. The molecule has 0 radical (unpaired) electrons. The topological polar surface area (TPSA) is 65.4 Å².